The van der Waals surface area contributed by atoms with Crippen molar-refractivity contribution < 1.29 is 14.3 Å². The van der Waals surface area contributed by atoms with E-state index in [1.165, 1.54) is 11.8 Å². The topological polar surface area (TPSA) is 60.5 Å². The zero-order valence-electron chi connectivity index (χ0n) is 13.4. The van der Waals surface area contributed by atoms with Crippen LogP contribution in [0, 0.1) is 6.92 Å². The molecule has 0 bridgehead atoms. The number of benzene rings is 1. The number of hydrogen-bond donors (Lipinski definition) is 1. The molecule has 23 heavy (non-hydrogen) atoms. The molecule has 5 nitrogen and oxygen atoms in total. The molecule has 0 saturated heterocycles. The van der Waals surface area contributed by atoms with Crippen LogP contribution in [0.15, 0.2) is 27.9 Å². The Morgan fingerprint density at radius 2 is 2.09 bits per heavy atom. The second-order valence-corrected chi connectivity index (χ2v) is 6.70. The summed E-state index contributed by atoms with van der Waals surface area (Å²) in [6, 6.07) is 5.42. The summed E-state index contributed by atoms with van der Waals surface area (Å²) in [5.41, 5.74) is 1.60. The second-order valence-electron chi connectivity index (χ2n) is 4.62. The van der Waals surface area contributed by atoms with Crippen LogP contribution in [0.3, 0.4) is 0 Å². The molecule has 1 aromatic carbocycles. The normalized spacial score (nSPS) is 10.4. The fourth-order valence-corrected chi connectivity index (χ4v) is 3.51. The number of thiazole rings is 1. The molecular formula is C16H20N2O3S2. The van der Waals surface area contributed by atoms with Crippen LogP contribution >= 0.6 is 23.1 Å². The summed E-state index contributed by atoms with van der Waals surface area (Å²) in [7, 11) is 0. The summed E-state index contributed by atoms with van der Waals surface area (Å²) >= 11 is 2.97. The average molecular weight is 352 g/mol. The van der Waals surface area contributed by atoms with Crippen molar-refractivity contribution in [1.29, 1.82) is 0 Å². The molecule has 124 valence electrons. The number of rotatable bonds is 8. The highest BCUT2D eigenvalue weighted by Gasteiger charge is 2.11. The minimum Gasteiger partial charge on any atom is -0.494 e. The molecule has 0 aliphatic carbocycles. The van der Waals surface area contributed by atoms with Gasteiger partial charge in [-0.25, -0.2) is 4.98 Å². The quantitative estimate of drug-likeness (QED) is 0.728. The third-order valence-corrected chi connectivity index (χ3v) is 4.90. The molecule has 0 unspecified atom stereocenters. The molecule has 7 heteroatoms. The molecule has 0 spiro atoms. The first-order valence-electron chi connectivity index (χ1n) is 7.36. The Labute approximate surface area is 144 Å². The number of nitrogens with one attached hydrogen (secondary N) is 1. The molecule has 1 N–H and O–H groups in total. The van der Waals surface area contributed by atoms with E-state index in [0.29, 0.717) is 36.2 Å². The van der Waals surface area contributed by atoms with Crippen LogP contribution < -0.4 is 14.8 Å². The van der Waals surface area contributed by atoms with E-state index in [2.05, 4.69) is 10.3 Å². The van der Waals surface area contributed by atoms with Gasteiger partial charge < -0.3 is 14.8 Å². The van der Waals surface area contributed by atoms with Gasteiger partial charge in [-0.1, -0.05) is 11.8 Å². The summed E-state index contributed by atoms with van der Waals surface area (Å²) in [6.07, 6.45) is 0. The van der Waals surface area contributed by atoms with Crippen LogP contribution in [0.1, 0.15) is 19.5 Å². The van der Waals surface area contributed by atoms with Crippen molar-refractivity contribution >= 4 is 34.7 Å². The van der Waals surface area contributed by atoms with E-state index < -0.39 is 0 Å². The molecule has 1 heterocycles. The van der Waals surface area contributed by atoms with Gasteiger partial charge in [0.2, 0.25) is 5.91 Å². The molecule has 0 atom stereocenters. The molecule has 1 amide bonds. The Balaban J connectivity index is 2.01. The van der Waals surface area contributed by atoms with Crippen molar-refractivity contribution in [1.82, 2.24) is 4.98 Å². The van der Waals surface area contributed by atoms with Gasteiger partial charge in [0.15, 0.2) is 4.34 Å². The predicted octanol–water partition coefficient (Wildman–Crippen LogP) is 3.98. The maximum Gasteiger partial charge on any atom is 0.234 e. The van der Waals surface area contributed by atoms with E-state index >= 15 is 0 Å². The molecule has 0 aliphatic rings. The van der Waals surface area contributed by atoms with E-state index in [4.69, 9.17) is 9.47 Å². The monoisotopic (exact) mass is 352 g/mol. The number of ether oxygens (including phenoxy) is 2. The zero-order valence-corrected chi connectivity index (χ0v) is 15.1. The van der Waals surface area contributed by atoms with E-state index in [1.54, 1.807) is 23.5 Å². The van der Waals surface area contributed by atoms with Gasteiger partial charge in [0.25, 0.3) is 0 Å². The number of aromatic nitrogens is 1. The third kappa shape index (κ3) is 5.44. The van der Waals surface area contributed by atoms with E-state index in [9.17, 15) is 4.79 Å². The number of anilines is 1. The highest BCUT2D eigenvalue weighted by molar-refractivity contribution is 8.01. The highest BCUT2D eigenvalue weighted by Crippen LogP contribution is 2.30. The largest absolute Gasteiger partial charge is 0.494 e. The summed E-state index contributed by atoms with van der Waals surface area (Å²) in [4.78, 5) is 16.5. The van der Waals surface area contributed by atoms with Crippen LogP contribution in [-0.4, -0.2) is 29.9 Å². The first kappa shape index (κ1) is 17.6. The Kier molecular flexibility index (Phi) is 6.73. The van der Waals surface area contributed by atoms with Gasteiger partial charge in [-0.2, -0.15) is 0 Å². The standard InChI is InChI=1S/C16H20N2O3S2/c1-4-20-12-6-7-14(21-5-2)13(8-12)18-15(19)10-23-16-17-11(3)9-22-16/h6-9H,4-5,10H2,1-3H3,(H,18,19). The van der Waals surface area contributed by atoms with Crippen LogP contribution in [0.4, 0.5) is 5.69 Å². The van der Waals surface area contributed by atoms with Gasteiger partial charge in [0, 0.05) is 17.1 Å². The lowest BCUT2D eigenvalue weighted by molar-refractivity contribution is -0.113. The lowest BCUT2D eigenvalue weighted by Crippen LogP contribution is -2.15. The van der Waals surface area contributed by atoms with Crippen molar-refractivity contribution in [2.75, 3.05) is 24.3 Å². The first-order chi connectivity index (χ1) is 11.1. The highest BCUT2D eigenvalue weighted by atomic mass is 32.2. The van der Waals surface area contributed by atoms with Gasteiger partial charge in [-0.15, -0.1) is 11.3 Å². The van der Waals surface area contributed by atoms with Crippen LogP contribution in [0.2, 0.25) is 0 Å². The molecule has 2 aromatic rings. The molecule has 0 fully saturated rings. The van der Waals surface area contributed by atoms with Gasteiger partial charge in [0.05, 0.1) is 24.7 Å². The van der Waals surface area contributed by atoms with E-state index in [1.807, 2.05) is 32.2 Å². The van der Waals surface area contributed by atoms with Gasteiger partial charge in [-0.3, -0.25) is 4.79 Å². The molecule has 2 rings (SSSR count). The first-order valence-corrected chi connectivity index (χ1v) is 9.23. The average Bonchev–Trinajstić information content (AvgIpc) is 2.94. The minimum absolute atomic E-state index is 0.0996. The fourth-order valence-electron chi connectivity index (χ4n) is 1.86. The smallest absolute Gasteiger partial charge is 0.234 e. The summed E-state index contributed by atoms with van der Waals surface area (Å²) in [6.45, 7) is 6.86. The number of amides is 1. The van der Waals surface area contributed by atoms with E-state index in [-0.39, 0.29) is 5.91 Å². The SMILES string of the molecule is CCOc1ccc(OCC)c(NC(=O)CSc2nc(C)cs2)c1. The number of nitrogens with zero attached hydrogens (tertiary/aromatic N) is 1. The number of carbonyl (C=O) groups excluding carboxylic acids is 1. The maximum absolute atomic E-state index is 12.2. The van der Waals surface area contributed by atoms with Crippen LogP contribution in [0.5, 0.6) is 11.5 Å². The van der Waals surface area contributed by atoms with Crippen molar-refractivity contribution in [2.45, 2.75) is 25.1 Å². The van der Waals surface area contributed by atoms with Gasteiger partial charge in [-0.05, 0) is 32.9 Å². The summed E-state index contributed by atoms with van der Waals surface area (Å²) in [5.74, 6) is 1.54. The van der Waals surface area contributed by atoms with Crippen molar-refractivity contribution in [3.63, 3.8) is 0 Å². The van der Waals surface area contributed by atoms with Gasteiger partial charge in [0.1, 0.15) is 11.5 Å². The summed E-state index contributed by atoms with van der Waals surface area (Å²) in [5, 5.41) is 4.85. The molecule has 0 aliphatic heterocycles. The Morgan fingerprint density at radius 3 is 2.74 bits per heavy atom. The lowest BCUT2D eigenvalue weighted by Gasteiger charge is -2.13. The Morgan fingerprint density at radius 1 is 1.30 bits per heavy atom. The minimum atomic E-state index is -0.0996. The zero-order chi connectivity index (χ0) is 16.7. The number of hydrogen-bond acceptors (Lipinski definition) is 6. The predicted molar refractivity (Wildman–Crippen MR) is 95.0 cm³/mol. The summed E-state index contributed by atoms with van der Waals surface area (Å²) < 4.78 is 11.9. The molecule has 0 radical (unpaired) electrons. The molecule has 0 saturated carbocycles. The Hall–Kier alpha value is -1.73. The molecular weight excluding hydrogens is 332 g/mol. The van der Waals surface area contributed by atoms with Crippen LogP contribution in [-0.2, 0) is 4.79 Å². The maximum atomic E-state index is 12.2. The molecule has 1 aromatic heterocycles. The van der Waals surface area contributed by atoms with Crippen LogP contribution in [0.25, 0.3) is 0 Å². The Bertz CT molecular complexity index is 659. The van der Waals surface area contributed by atoms with Crippen molar-refractivity contribution in [3.8, 4) is 11.5 Å². The van der Waals surface area contributed by atoms with Gasteiger partial charge >= 0.3 is 0 Å². The number of thioether (sulfide) groups is 1. The van der Waals surface area contributed by atoms with Crippen molar-refractivity contribution in [2.24, 2.45) is 0 Å². The fraction of sp³-hybridized carbons (Fsp3) is 0.375. The number of carbonyl (C=O) groups is 1. The lowest BCUT2D eigenvalue weighted by atomic mass is 10.2. The van der Waals surface area contributed by atoms with Crippen molar-refractivity contribution in [3.05, 3.63) is 29.3 Å². The third-order valence-electron chi connectivity index (χ3n) is 2.76. The number of aryl methyl sites for hydroxylation is 1. The van der Waals surface area contributed by atoms with E-state index in [0.717, 1.165) is 10.0 Å². The second kappa shape index (κ2) is 8.79.